The molecule has 0 radical (unpaired) electrons. The molecular formula is C28H41NO4S. The Morgan fingerprint density at radius 2 is 2.00 bits per heavy atom. The molecule has 4 saturated carbocycles. The fourth-order valence-corrected chi connectivity index (χ4v) is 9.60. The highest BCUT2D eigenvalue weighted by atomic mass is 32.1. The highest BCUT2D eigenvalue weighted by molar-refractivity contribution is 7.09. The number of hydrogen-bond donors (Lipinski definition) is 3. The number of fused-ring (bicyclic) bond motifs is 5. The maximum atomic E-state index is 13.5. The van der Waals surface area contributed by atoms with Gasteiger partial charge in [0.05, 0.1) is 18.8 Å². The van der Waals surface area contributed by atoms with E-state index < -0.39 is 6.10 Å². The number of ketones is 1. The van der Waals surface area contributed by atoms with Gasteiger partial charge in [0, 0.05) is 29.1 Å². The molecule has 0 unspecified atom stereocenters. The van der Waals surface area contributed by atoms with Crippen LogP contribution in [0.1, 0.15) is 77.0 Å². The summed E-state index contributed by atoms with van der Waals surface area (Å²) in [6.07, 6.45) is 5.43. The van der Waals surface area contributed by atoms with Crippen molar-refractivity contribution in [1.82, 2.24) is 5.32 Å². The Morgan fingerprint density at radius 3 is 2.74 bits per heavy atom. The molecule has 0 spiro atoms. The topological polar surface area (TPSA) is 86.6 Å². The zero-order valence-corrected chi connectivity index (χ0v) is 21.7. The van der Waals surface area contributed by atoms with Crippen molar-refractivity contribution in [2.75, 3.05) is 0 Å². The van der Waals surface area contributed by atoms with Crippen LogP contribution in [0.5, 0.6) is 0 Å². The number of carbonyl (C=O) groups excluding carboxylic acids is 2. The van der Waals surface area contributed by atoms with Gasteiger partial charge in [-0.3, -0.25) is 9.59 Å². The number of thiophene rings is 1. The number of nitrogens with one attached hydrogen (secondary N) is 1. The van der Waals surface area contributed by atoms with E-state index in [1.54, 1.807) is 11.3 Å². The monoisotopic (exact) mass is 487 g/mol. The average molecular weight is 488 g/mol. The van der Waals surface area contributed by atoms with Crippen LogP contribution >= 0.6 is 11.3 Å². The summed E-state index contributed by atoms with van der Waals surface area (Å²) in [5.41, 5.74) is -0.285. The molecule has 6 heteroatoms. The minimum Gasteiger partial charge on any atom is -0.393 e. The van der Waals surface area contributed by atoms with E-state index >= 15 is 0 Å². The Morgan fingerprint density at radius 1 is 1.21 bits per heavy atom. The molecule has 0 aromatic carbocycles. The van der Waals surface area contributed by atoms with Crippen molar-refractivity contribution in [3.63, 3.8) is 0 Å². The first kappa shape index (κ1) is 24.5. The lowest BCUT2D eigenvalue weighted by Gasteiger charge is -2.61. The number of rotatable bonds is 5. The summed E-state index contributed by atoms with van der Waals surface area (Å²) in [6.45, 7) is 7.27. The van der Waals surface area contributed by atoms with Gasteiger partial charge in [0.15, 0.2) is 0 Å². The van der Waals surface area contributed by atoms with Crippen molar-refractivity contribution in [2.45, 2.75) is 90.9 Å². The molecule has 5 nitrogen and oxygen atoms in total. The second-order valence-electron chi connectivity index (χ2n) is 12.4. The van der Waals surface area contributed by atoms with Crippen molar-refractivity contribution in [3.05, 3.63) is 22.4 Å². The van der Waals surface area contributed by atoms with Crippen molar-refractivity contribution in [1.29, 1.82) is 0 Å². The molecule has 10 atom stereocenters. The minimum atomic E-state index is -0.446. The van der Waals surface area contributed by atoms with Crippen LogP contribution in [-0.4, -0.2) is 34.1 Å². The molecule has 34 heavy (non-hydrogen) atoms. The van der Waals surface area contributed by atoms with Gasteiger partial charge in [-0.2, -0.15) is 0 Å². The van der Waals surface area contributed by atoms with Crippen molar-refractivity contribution >= 4 is 23.0 Å². The number of hydrogen-bond acceptors (Lipinski definition) is 5. The van der Waals surface area contributed by atoms with Gasteiger partial charge in [-0.15, -0.1) is 11.3 Å². The zero-order valence-electron chi connectivity index (χ0n) is 20.8. The van der Waals surface area contributed by atoms with E-state index in [2.05, 4.69) is 26.1 Å². The van der Waals surface area contributed by atoms with Crippen LogP contribution in [0.2, 0.25) is 0 Å². The third kappa shape index (κ3) is 3.88. The van der Waals surface area contributed by atoms with Gasteiger partial charge in [0.25, 0.3) is 0 Å². The SMILES string of the molecule is C[C@H](CC(=O)NCc1cccs1)[C@H]1CC[C@H]2[C@@H]3C(=O)C[C@@H]4C[C@H](O)CC[C@]4(C)[C@H]3C[C@H](O)[C@]12C. The fraction of sp³-hybridized carbons (Fsp3) is 0.786. The van der Waals surface area contributed by atoms with Crippen LogP contribution in [0.3, 0.4) is 0 Å². The average Bonchev–Trinajstić information content (AvgIpc) is 3.42. The van der Waals surface area contributed by atoms with Gasteiger partial charge in [-0.25, -0.2) is 0 Å². The molecule has 4 fully saturated rings. The maximum absolute atomic E-state index is 13.5. The molecule has 1 amide bonds. The van der Waals surface area contributed by atoms with Crippen LogP contribution < -0.4 is 5.32 Å². The van der Waals surface area contributed by atoms with E-state index in [1.165, 1.54) is 0 Å². The summed E-state index contributed by atoms with van der Waals surface area (Å²) in [6, 6.07) is 4.03. The lowest BCUT2D eigenvalue weighted by molar-refractivity contribution is -0.182. The summed E-state index contributed by atoms with van der Waals surface area (Å²) in [4.78, 5) is 27.4. The van der Waals surface area contributed by atoms with E-state index in [1.807, 2.05) is 17.5 Å². The molecule has 1 heterocycles. The minimum absolute atomic E-state index is 0.0229. The van der Waals surface area contributed by atoms with E-state index in [9.17, 15) is 19.8 Å². The van der Waals surface area contributed by atoms with Gasteiger partial charge in [-0.05, 0) is 85.0 Å². The number of Topliss-reactive ketones (excluding diaryl/α,β-unsaturated/α-hetero) is 1. The summed E-state index contributed by atoms with van der Waals surface area (Å²) in [7, 11) is 0. The van der Waals surface area contributed by atoms with Crippen LogP contribution in [0.25, 0.3) is 0 Å². The zero-order chi connectivity index (χ0) is 24.3. The van der Waals surface area contributed by atoms with Crippen LogP contribution in [-0.2, 0) is 16.1 Å². The van der Waals surface area contributed by atoms with Crippen LogP contribution in [0.4, 0.5) is 0 Å². The highest BCUT2D eigenvalue weighted by Gasteiger charge is 2.65. The highest BCUT2D eigenvalue weighted by Crippen LogP contribution is 2.67. The van der Waals surface area contributed by atoms with Crippen molar-refractivity contribution in [2.24, 2.45) is 46.3 Å². The lowest BCUT2D eigenvalue weighted by Crippen LogP contribution is -2.61. The molecule has 4 aliphatic rings. The second kappa shape index (κ2) is 9.01. The smallest absolute Gasteiger partial charge is 0.220 e. The molecule has 3 N–H and O–H groups in total. The molecule has 1 aromatic heterocycles. The third-order valence-electron chi connectivity index (χ3n) is 10.9. The van der Waals surface area contributed by atoms with Crippen molar-refractivity contribution in [3.8, 4) is 0 Å². The quantitative estimate of drug-likeness (QED) is 0.568. The summed E-state index contributed by atoms with van der Waals surface area (Å²) >= 11 is 1.65. The predicted molar refractivity (Wildman–Crippen MR) is 133 cm³/mol. The molecule has 188 valence electrons. The normalized spacial score (nSPS) is 44.6. The Bertz CT molecular complexity index is 918. The first-order chi connectivity index (χ1) is 16.1. The van der Waals surface area contributed by atoms with Gasteiger partial charge in [-0.1, -0.05) is 26.8 Å². The fourth-order valence-electron chi connectivity index (χ4n) is 8.95. The Hall–Kier alpha value is -1.24. The first-order valence-electron chi connectivity index (χ1n) is 13.3. The summed E-state index contributed by atoms with van der Waals surface area (Å²) in [5.74, 6) is 1.51. The molecule has 5 rings (SSSR count). The van der Waals surface area contributed by atoms with Gasteiger partial charge in [0.2, 0.25) is 5.91 Å². The second-order valence-corrected chi connectivity index (χ2v) is 13.4. The molecule has 0 saturated heterocycles. The molecular weight excluding hydrogens is 446 g/mol. The lowest BCUT2D eigenvalue weighted by atomic mass is 9.43. The Balaban J connectivity index is 1.31. The van der Waals surface area contributed by atoms with Crippen LogP contribution in [0.15, 0.2) is 17.5 Å². The van der Waals surface area contributed by atoms with E-state index in [-0.39, 0.29) is 58.3 Å². The first-order valence-corrected chi connectivity index (χ1v) is 14.2. The molecule has 0 aliphatic heterocycles. The van der Waals surface area contributed by atoms with Gasteiger partial charge < -0.3 is 15.5 Å². The Labute approximate surface area is 207 Å². The number of amides is 1. The summed E-state index contributed by atoms with van der Waals surface area (Å²) < 4.78 is 0. The number of aliphatic hydroxyl groups excluding tert-OH is 2. The maximum Gasteiger partial charge on any atom is 0.220 e. The molecule has 0 bridgehead atoms. The van der Waals surface area contributed by atoms with Gasteiger partial charge >= 0.3 is 0 Å². The van der Waals surface area contributed by atoms with E-state index in [0.29, 0.717) is 31.6 Å². The summed E-state index contributed by atoms with van der Waals surface area (Å²) in [5, 5.41) is 27.0. The van der Waals surface area contributed by atoms with Crippen LogP contribution in [0, 0.1) is 46.3 Å². The predicted octanol–water partition coefficient (Wildman–Crippen LogP) is 4.56. The number of aliphatic hydroxyl groups is 2. The van der Waals surface area contributed by atoms with E-state index in [0.717, 1.165) is 37.0 Å². The standard InChI is InChI=1S/C28H41NO4S/c1-16(11-25(33)29-15-19-5-4-10-34-19)20-6-7-21-26-22(14-24(32)28(20,21)3)27(2)9-8-18(30)12-17(27)13-23(26)31/h4-5,10,16-18,20-22,24,26,30,32H,6-9,11-15H2,1-3H3,(H,29,33)/t16-,17+,18-,20-,21+,22+,24+,26+,27+,28-/m1/s1. The molecule has 4 aliphatic carbocycles. The Kier molecular flexibility index (Phi) is 6.48. The number of carbonyl (C=O) groups is 2. The van der Waals surface area contributed by atoms with E-state index in [4.69, 9.17) is 0 Å². The van der Waals surface area contributed by atoms with Crippen molar-refractivity contribution < 1.29 is 19.8 Å². The third-order valence-corrected chi connectivity index (χ3v) is 11.7. The largest absolute Gasteiger partial charge is 0.393 e. The molecule has 1 aromatic rings. The van der Waals surface area contributed by atoms with Gasteiger partial charge in [0.1, 0.15) is 5.78 Å².